The number of ether oxygens (including phenoxy) is 1. The van der Waals surface area contributed by atoms with Crippen molar-refractivity contribution >= 4 is 5.97 Å². The van der Waals surface area contributed by atoms with E-state index in [0.717, 1.165) is 22.4 Å². The third-order valence-electron chi connectivity index (χ3n) is 4.09. The molecule has 1 N–H and O–H groups in total. The summed E-state index contributed by atoms with van der Waals surface area (Å²) >= 11 is 0. The van der Waals surface area contributed by atoms with E-state index in [0.29, 0.717) is 6.54 Å². The van der Waals surface area contributed by atoms with Gasteiger partial charge in [-0.3, -0.25) is 9.69 Å². The molecule has 0 unspecified atom stereocenters. The molecule has 4 heteroatoms. The van der Waals surface area contributed by atoms with Gasteiger partial charge in [-0.2, -0.15) is 0 Å². The van der Waals surface area contributed by atoms with Gasteiger partial charge in [0.2, 0.25) is 0 Å². The van der Waals surface area contributed by atoms with Crippen LogP contribution in [-0.2, 0) is 4.79 Å². The Morgan fingerprint density at radius 3 is 2.43 bits per heavy atom. The molecule has 2 aromatic carbocycles. The third-order valence-corrected chi connectivity index (χ3v) is 4.09. The van der Waals surface area contributed by atoms with Crippen molar-refractivity contribution < 1.29 is 14.6 Å². The van der Waals surface area contributed by atoms with Gasteiger partial charge in [0.25, 0.3) is 0 Å². The fourth-order valence-corrected chi connectivity index (χ4v) is 2.66. The van der Waals surface area contributed by atoms with Crippen LogP contribution in [0.1, 0.15) is 25.5 Å². The normalized spacial score (nSPS) is 12.2. The van der Waals surface area contributed by atoms with Gasteiger partial charge in [0.1, 0.15) is 5.75 Å². The van der Waals surface area contributed by atoms with Gasteiger partial charge in [-0.1, -0.05) is 43.3 Å². The SMILES string of the molecule is CCN(CC(=O)O)[C@@H](C)c1ccc(-c2cccc(OC)c2)cc1. The highest BCUT2D eigenvalue weighted by Crippen LogP contribution is 2.26. The predicted octanol–water partition coefficient (Wildman–Crippen LogP) is 3.83. The van der Waals surface area contributed by atoms with Crippen LogP contribution in [0, 0.1) is 0 Å². The van der Waals surface area contributed by atoms with Crippen LogP contribution in [0.3, 0.4) is 0 Å². The molecule has 0 bridgehead atoms. The summed E-state index contributed by atoms with van der Waals surface area (Å²) in [6.45, 7) is 4.76. The van der Waals surface area contributed by atoms with Gasteiger partial charge in [0.05, 0.1) is 13.7 Å². The Bertz CT molecular complexity index is 652. The number of aliphatic carboxylic acids is 1. The number of rotatable bonds is 7. The molecule has 0 amide bonds. The van der Waals surface area contributed by atoms with E-state index in [2.05, 4.69) is 24.3 Å². The molecule has 2 aromatic rings. The topological polar surface area (TPSA) is 49.8 Å². The van der Waals surface area contributed by atoms with Crippen molar-refractivity contribution in [3.63, 3.8) is 0 Å². The van der Waals surface area contributed by atoms with Crippen LogP contribution in [0.4, 0.5) is 0 Å². The van der Waals surface area contributed by atoms with Crippen molar-refractivity contribution in [1.29, 1.82) is 0 Å². The first-order chi connectivity index (χ1) is 11.0. The Morgan fingerprint density at radius 2 is 1.87 bits per heavy atom. The average molecular weight is 313 g/mol. The highest BCUT2D eigenvalue weighted by molar-refractivity contribution is 5.69. The Morgan fingerprint density at radius 1 is 1.17 bits per heavy atom. The Kier molecular flexibility index (Phi) is 5.77. The first kappa shape index (κ1) is 17.0. The molecule has 1 atom stereocenters. The first-order valence-electron chi connectivity index (χ1n) is 7.75. The Labute approximate surface area is 137 Å². The zero-order valence-corrected chi connectivity index (χ0v) is 13.8. The van der Waals surface area contributed by atoms with Crippen LogP contribution in [0.2, 0.25) is 0 Å². The van der Waals surface area contributed by atoms with Gasteiger partial charge in [0, 0.05) is 6.04 Å². The summed E-state index contributed by atoms with van der Waals surface area (Å²) in [6, 6.07) is 16.3. The number of carboxylic acids is 1. The van der Waals surface area contributed by atoms with Crippen molar-refractivity contribution in [1.82, 2.24) is 4.90 Å². The minimum absolute atomic E-state index is 0.0509. The molecule has 0 aliphatic carbocycles. The summed E-state index contributed by atoms with van der Waals surface area (Å²) in [5, 5.41) is 9.00. The molecule has 0 aliphatic rings. The number of carbonyl (C=O) groups is 1. The predicted molar refractivity (Wildman–Crippen MR) is 91.7 cm³/mol. The maximum atomic E-state index is 11.0. The van der Waals surface area contributed by atoms with Crippen molar-refractivity contribution in [2.75, 3.05) is 20.2 Å². The third kappa shape index (κ3) is 4.33. The number of methoxy groups -OCH3 is 1. The monoisotopic (exact) mass is 313 g/mol. The largest absolute Gasteiger partial charge is 0.497 e. The molecule has 0 aromatic heterocycles. The number of hydrogen-bond donors (Lipinski definition) is 1. The van der Waals surface area contributed by atoms with E-state index in [1.807, 2.05) is 43.0 Å². The lowest BCUT2D eigenvalue weighted by atomic mass is 10.0. The van der Waals surface area contributed by atoms with Crippen LogP contribution in [0.15, 0.2) is 48.5 Å². The zero-order valence-electron chi connectivity index (χ0n) is 13.8. The van der Waals surface area contributed by atoms with Crippen molar-refractivity contribution in [2.24, 2.45) is 0 Å². The van der Waals surface area contributed by atoms with Gasteiger partial charge in [0.15, 0.2) is 0 Å². The second kappa shape index (κ2) is 7.79. The van der Waals surface area contributed by atoms with Crippen LogP contribution in [0.25, 0.3) is 11.1 Å². The quantitative estimate of drug-likeness (QED) is 0.844. The second-order valence-electron chi connectivity index (χ2n) is 5.49. The summed E-state index contributed by atoms with van der Waals surface area (Å²) in [7, 11) is 1.66. The molecular weight excluding hydrogens is 290 g/mol. The lowest BCUT2D eigenvalue weighted by molar-refractivity contribution is -0.138. The van der Waals surface area contributed by atoms with Crippen LogP contribution >= 0.6 is 0 Å². The minimum atomic E-state index is -0.799. The fourth-order valence-electron chi connectivity index (χ4n) is 2.66. The molecular formula is C19H23NO3. The maximum Gasteiger partial charge on any atom is 0.317 e. The smallest absolute Gasteiger partial charge is 0.317 e. The summed E-state index contributed by atoms with van der Waals surface area (Å²) in [5.41, 5.74) is 3.32. The van der Waals surface area contributed by atoms with Crippen LogP contribution in [-0.4, -0.2) is 36.2 Å². The summed E-state index contributed by atoms with van der Waals surface area (Å²) < 4.78 is 5.26. The van der Waals surface area contributed by atoms with Crippen molar-refractivity contribution in [3.8, 4) is 16.9 Å². The average Bonchev–Trinajstić information content (AvgIpc) is 2.59. The van der Waals surface area contributed by atoms with Gasteiger partial charge in [-0.15, -0.1) is 0 Å². The molecule has 0 saturated heterocycles. The standard InChI is InChI=1S/C19H23NO3/c1-4-20(13-19(21)22)14(2)15-8-10-16(11-9-15)17-6-5-7-18(12-17)23-3/h5-12,14H,4,13H2,1-3H3,(H,21,22)/t14-/m0/s1. The molecule has 122 valence electrons. The van der Waals surface area contributed by atoms with Crippen LogP contribution < -0.4 is 4.74 Å². The number of likely N-dealkylation sites (N-methyl/N-ethyl adjacent to an activating group) is 1. The highest BCUT2D eigenvalue weighted by atomic mass is 16.5. The van der Waals surface area contributed by atoms with E-state index >= 15 is 0 Å². The Hall–Kier alpha value is -2.33. The van der Waals surface area contributed by atoms with E-state index < -0.39 is 5.97 Å². The van der Waals surface area contributed by atoms with Gasteiger partial charge in [-0.25, -0.2) is 0 Å². The highest BCUT2D eigenvalue weighted by Gasteiger charge is 2.16. The van der Waals surface area contributed by atoms with Gasteiger partial charge < -0.3 is 9.84 Å². The number of carboxylic acid groups (broad SMARTS) is 1. The molecule has 0 fully saturated rings. The van der Waals surface area contributed by atoms with Crippen molar-refractivity contribution in [2.45, 2.75) is 19.9 Å². The molecule has 0 spiro atoms. The summed E-state index contributed by atoms with van der Waals surface area (Å²) in [4.78, 5) is 12.9. The Balaban J connectivity index is 2.19. The summed E-state index contributed by atoms with van der Waals surface area (Å²) in [5.74, 6) is 0.0326. The molecule has 0 saturated carbocycles. The second-order valence-corrected chi connectivity index (χ2v) is 5.49. The number of hydrogen-bond acceptors (Lipinski definition) is 3. The lowest BCUT2D eigenvalue weighted by Gasteiger charge is -2.26. The van der Waals surface area contributed by atoms with Gasteiger partial charge in [-0.05, 0) is 42.3 Å². The van der Waals surface area contributed by atoms with E-state index in [9.17, 15) is 4.79 Å². The maximum absolute atomic E-state index is 11.0. The van der Waals surface area contributed by atoms with E-state index in [1.165, 1.54) is 0 Å². The van der Waals surface area contributed by atoms with Crippen LogP contribution in [0.5, 0.6) is 5.75 Å². The molecule has 2 rings (SSSR count). The van der Waals surface area contributed by atoms with Gasteiger partial charge >= 0.3 is 5.97 Å². The number of nitrogens with zero attached hydrogens (tertiary/aromatic N) is 1. The zero-order chi connectivity index (χ0) is 16.8. The molecule has 0 aliphatic heterocycles. The molecule has 0 heterocycles. The van der Waals surface area contributed by atoms with E-state index in [1.54, 1.807) is 7.11 Å². The molecule has 4 nitrogen and oxygen atoms in total. The molecule has 0 radical (unpaired) electrons. The van der Waals surface area contributed by atoms with Crippen molar-refractivity contribution in [3.05, 3.63) is 54.1 Å². The van der Waals surface area contributed by atoms with E-state index in [4.69, 9.17) is 9.84 Å². The fraction of sp³-hybridized carbons (Fsp3) is 0.316. The molecule has 23 heavy (non-hydrogen) atoms. The first-order valence-corrected chi connectivity index (χ1v) is 7.75. The summed E-state index contributed by atoms with van der Waals surface area (Å²) in [6.07, 6.45) is 0. The lowest BCUT2D eigenvalue weighted by Crippen LogP contribution is -2.32. The minimum Gasteiger partial charge on any atom is -0.497 e. The number of benzene rings is 2. The van der Waals surface area contributed by atoms with E-state index in [-0.39, 0.29) is 12.6 Å².